The van der Waals surface area contributed by atoms with Gasteiger partial charge >= 0.3 is 0 Å². The van der Waals surface area contributed by atoms with Gasteiger partial charge in [-0.25, -0.2) is 8.42 Å². The molecule has 0 aliphatic rings. The molecule has 1 aromatic carbocycles. The molecule has 2 heterocycles. The highest BCUT2D eigenvalue weighted by molar-refractivity contribution is 7.94. The Labute approximate surface area is 150 Å². The van der Waals surface area contributed by atoms with Crippen molar-refractivity contribution in [1.82, 2.24) is 4.98 Å². The number of rotatable bonds is 4. The third kappa shape index (κ3) is 3.71. The van der Waals surface area contributed by atoms with E-state index in [0.717, 1.165) is 16.0 Å². The van der Waals surface area contributed by atoms with E-state index in [9.17, 15) is 8.42 Å². The Balaban J connectivity index is 1.95. The molecule has 0 bridgehead atoms. The predicted molar refractivity (Wildman–Crippen MR) is 99.0 cm³/mol. The molecule has 3 aromatic rings. The predicted octanol–water partition coefficient (Wildman–Crippen LogP) is 4.10. The maximum Gasteiger partial charge on any atom is 0.271 e. The lowest BCUT2D eigenvalue weighted by Crippen LogP contribution is -2.12. The molecule has 0 amide bonds. The van der Waals surface area contributed by atoms with Crippen LogP contribution in [0, 0.1) is 25.2 Å². The third-order valence-corrected chi connectivity index (χ3v) is 6.51. The molecule has 0 unspecified atom stereocenters. The van der Waals surface area contributed by atoms with Crippen LogP contribution in [0.15, 0.2) is 52.9 Å². The Morgan fingerprint density at radius 1 is 1.12 bits per heavy atom. The van der Waals surface area contributed by atoms with Crippen LogP contribution in [0.4, 0.5) is 5.69 Å². The Morgan fingerprint density at radius 2 is 1.92 bits per heavy atom. The first-order chi connectivity index (χ1) is 11.9. The standard InChI is InChI=1S/C18H15N3O2S2/c1-12-3-6-15(16-7-5-14(10-19)11-20-16)9-17(12)21-25(22,23)18-8-4-13(2)24-18/h3-9,11,21H,1-2H3. The zero-order valence-electron chi connectivity index (χ0n) is 13.6. The van der Waals surface area contributed by atoms with E-state index in [4.69, 9.17) is 5.26 Å². The second-order valence-electron chi connectivity index (χ2n) is 5.54. The van der Waals surface area contributed by atoms with Crippen molar-refractivity contribution >= 4 is 27.0 Å². The molecule has 0 aliphatic heterocycles. The minimum Gasteiger partial charge on any atom is -0.279 e. The van der Waals surface area contributed by atoms with Gasteiger partial charge in [0.05, 0.1) is 16.9 Å². The molecule has 0 saturated carbocycles. The van der Waals surface area contributed by atoms with Gasteiger partial charge in [0.25, 0.3) is 10.0 Å². The van der Waals surface area contributed by atoms with Gasteiger partial charge in [-0.1, -0.05) is 12.1 Å². The van der Waals surface area contributed by atoms with Crippen molar-refractivity contribution in [2.75, 3.05) is 4.72 Å². The molecule has 0 saturated heterocycles. The SMILES string of the molecule is Cc1ccc(S(=O)(=O)Nc2cc(-c3ccc(C#N)cn3)ccc2C)s1. The Bertz CT molecular complexity index is 1060. The molecule has 0 fully saturated rings. The van der Waals surface area contributed by atoms with Crippen molar-refractivity contribution in [3.05, 3.63) is 64.7 Å². The number of thiophene rings is 1. The fourth-order valence-electron chi connectivity index (χ4n) is 2.27. The quantitative estimate of drug-likeness (QED) is 0.750. The molecule has 1 N–H and O–H groups in total. The Morgan fingerprint density at radius 3 is 2.52 bits per heavy atom. The molecule has 3 rings (SSSR count). The van der Waals surface area contributed by atoms with Crippen LogP contribution < -0.4 is 4.72 Å². The number of aromatic nitrogens is 1. The van der Waals surface area contributed by atoms with Crippen LogP contribution in [0.1, 0.15) is 16.0 Å². The maximum atomic E-state index is 12.5. The highest BCUT2D eigenvalue weighted by Crippen LogP contribution is 2.28. The molecule has 0 aliphatic carbocycles. The Kier molecular flexibility index (Phi) is 4.57. The van der Waals surface area contributed by atoms with Crippen molar-refractivity contribution in [2.45, 2.75) is 18.1 Å². The van der Waals surface area contributed by atoms with E-state index < -0.39 is 10.0 Å². The minimum absolute atomic E-state index is 0.284. The van der Waals surface area contributed by atoms with Crippen LogP contribution in [0.25, 0.3) is 11.3 Å². The van der Waals surface area contributed by atoms with Crippen molar-refractivity contribution < 1.29 is 8.42 Å². The summed E-state index contributed by atoms with van der Waals surface area (Å²) in [6.07, 6.45) is 1.49. The molecule has 7 heteroatoms. The third-order valence-electron chi connectivity index (χ3n) is 3.65. The first kappa shape index (κ1) is 17.1. The molecule has 0 radical (unpaired) electrons. The van der Waals surface area contributed by atoms with Gasteiger partial charge in [-0.15, -0.1) is 11.3 Å². The van der Waals surface area contributed by atoms with E-state index in [1.807, 2.05) is 32.0 Å². The number of benzene rings is 1. The van der Waals surface area contributed by atoms with Crippen LogP contribution in [-0.4, -0.2) is 13.4 Å². The molecular formula is C18H15N3O2S2. The number of aryl methyl sites for hydroxylation is 2. The average molecular weight is 369 g/mol. The number of pyridine rings is 1. The fraction of sp³-hybridized carbons (Fsp3) is 0.111. The molecule has 0 spiro atoms. The topological polar surface area (TPSA) is 82.9 Å². The zero-order chi connectivity index (χ0) is 18.0. The van der Waals surface area contributed by atoms with Crippen LogP contribution in [0.3, 0.4) is 0 Å². The normalized spacial score (nSPS) is 11.1. The molecule has 0 atom stereocenters. The number of anilines is 1. The van der Waals surface area contributed by atoms with Gasteiger partial charge in [-0.2, -0.15) is 5.26 Å². The van der Waals surface area contributed by atoms with Gasteiger partial charge < -0.3 is 0 Å². The first-order valence-electron chi connectivity index (χ1n) is 7.45. The van der Waals surface area contributed by atoms with Gasteiger partial charge in [-0.05, 0) is 49.7 Å². The summed E-state index contributed by atoms with van der Waals surface area (Å²) in [6, 6.07) is 14.3. The van der Waals surface area contributed by atoms with Crippen molar-refractivity contribution in [3.8, 4) is 17.3 Å². The first-order valence-corrected chi connectivity index (χ1v) is 9.75. The minimum atomic E-state index is -3.62. The number of nitrogens with zero attached hydrogens (tertiary/aromatic N) is 2. The maximum absolute atomic E-state index is 12.5. The lowest BCUT2D eigenvalue weighted by Gasteiger charge is -2.11. The van der Waals surface area contributed by atoms with E-state index in [0.29, 0.717) is 16.9 Å². The van der Waals surface area contributed by atoms with E-state index in [2.05, 4.69) is 9.71 Å². The number of nitriles is 1. The van der Waals surface area contributed by atoms with Gasteiger partial charge in [0.2, 0.25) is 0 Å². The van der Waals surface area contributed by atoms with Crippen LogP contribution in [0.2, 0.25) is 0 Å². The summed E-state index contributed by atoms with van der Waals surface area (Å²) < 4.78 is 28.0. The van der Waals surface area contributed by atoms with Crippen molar-refractivity contribution in [1.29, 1.82) is 5.26 Å². The Hall–Kier alpha value is -2.69. The summed E-state index contributed by atoms with van der Waals surface area (Å²) >= 11 is 1.23. The second kappa shape index (κ2) is 6.67. The van der Waals surface area contributed by atoms with E-state index in [1.54, 1.807) is 30.3 Å². The lowest BCUT2D eigenvalue weighted by atomic mass is 10.1. The van der Waals surface area contributed by atoms with Gasteiger partial charge in [0, 0.05) is 16.6 Å². The van der Waals surface area contributed by atoms with E-state index in [1.165, 1.54) is 17.5 Å². The van der Waals surface area contributed by atoms with Crippen molar-refractivity contribution in [2.24, 2.45) is 0 Å². The van der Waals surface area contributed by atoms with Crippen LogP contribution in [-0.2, 0) is 10.0 Å². The number of hydrogen-bond donors (Lipinski definition) is 1. The summed E-state index contributed by atoms with van der Waals surface area (Å²) in [7, 11) is -3.62. The van der Waals surface area contributed by atoms with Crippen LogP contribution in [0.5, 0.6) is 0 Å². The fourth-order valence-corrected chi connectivity index (χ4v) is 4.68. The summed E-state index contributed by atoms with van der Waals surface area (Å²) in [4.78, 5) is 5.19. The summed E-state index contributed by atoms with van der Waals surface area (Å²) in [5.41, 5.74) is 3.25. The lowest BCUT2D eigenvalue weighted by molar-refractivity contribution is 0.603. The molecule has 25 heavy (non-hydrogen) atoms. The monoisotopic (exact) mass is 369 g/mol. The number of sulfonamides is 1. The highest BCUT2D eigenvalue weighted by Gasteiger charge is 2.17. The summed E-state index contributed by atoms with van der Waals surface area (Å²) in [5, 5.41) is 8.85. The molecule has 5 nitrogen and oxygen atoms in total. The second-order valence-corrected chi connectivity index (χ2v) is 8.74. The smallest absolute Gasteiger partial charge is 0.271 e. The van der Waals surface area contributed by atoms with Gasteiger partial charge in [-0.3, -0.25) is 9.71 Å². The van der Waals surface area contributed by atoms with E-state index in [-0.39, 0.29) is 4.21 Å². The van der Waals surface area contributed by atoms with Crippen molar-refractivity contribution in [3.63, 3.8) is 0 Å². The van der Waals surface area contributed by atoms with Gasteiger partial charge in [0.1, 0.15) is 10.3 Å². The number of hydrogen-bond acceptors (Lipinski definition) is 5. The van der Waals surface area contributed by atoms with Crippen LogP contribution >= 0.6 is 11.3 Å². The highest BCUT2D eigenvalue weighted by atomic mass is 32.2. The molecule has 126 valence electrons. The average Bonchev–Trinajstić information content (AvgIpc) is 3.04. The largest absolute Gasteiger partial charge is 0.279 e. The summed E-state index contributed by atoms with van der Waals surface area (Å²) in [6.45, 7) is 3.71. The van der Waals surface area contributed by atoms with E-state index >= 15 is 0 Å². The number of nitrogens with one attached hydrogen (secondary N) is 1. The molecule has 2 aromatic heterocycles. The summed E-state index contributed by atoms with van der Waals surface area (Å²) in [5.74, 6) is 0. The zero-order valence-corrected chi connectivity index (χ0v) is 15.3. The van der Waals surface area contributed by atoms with Gasteiger partial charge in [0.15, 0.2) is 0 Å². The molecular weight excluding hydrogens is 354 g/mol.